The van der Waals surface area contributed by atoms with Crippen molar-refractivity contribution in [1.29, 1.82) is 0 Å². The summed E-state index contributed by atoms with van der Waals surface area (Å²) in [4.78, 5) is 15.9. The van der Waals surface area contributed by atoms with Crippen LogP contribution in [0.1, 0.15) is 22.8 Å². The van der Waals surface area contributed by atoms with Gasteiger partial charge in [-0.1, -0.05) is 19.1 Å². The minimum Gasteiger partial charge on any atom is -0.352 e. The number of imidazole rings is 1. The summed E-state index contributed by atoms with van der Waals surface area (Å²) < 4.78 is 1.98. The monoisotopic (exact) mass is 344 g/mol. The average Bonchev–Trinajstić information content (AvgIpc) is 2.98. The third kappa shape index (κ3) is 6.05. The van der Waals surface area contributed by atoms with Crippen molar-refractivity contribution in [2.45, 2.75) is 13.5 Å². The summed E-state index contributed by atoms with van der Waals surface area (Å²) in [6, 6.07) is 7.60. The molecule has 0 aliphatic heterocycles. The first-order chi connectivity index (χ1) is 9.69. The fraction of sp³-hybridized carbons (Fsp3) is 0.333. The molecule has 0 bridgehead atoms. The summed E-state index contributed by atoms with van der Waals surface area (Å²) in [5, 5.41) is 2.88. The van der Waals surface area contributed by atoms with E-state index in [0.29, 0.717) is 24.6 Å². The predicted octanol–water partition coefficient (Wildman–Crippen LogP) is 2.10. The van der Waals surface area contributed by atoms with Gasteiger partial charge in [0.05, 0.1) is 6.33 Å². The summed E-state index contributed by atoms with van der Waals surface area (Å²) >= 11 is 0. The van der Waals surface area contributed by atoms with Crippen molar-refractivity contribution < 1.29 is 4.79 Å². The number of hydrogen-bond acceptors (Lipinski definition) is 3. The highest BCUT2D eigenvalue weighted by atomic mass is 35.5. The number of benzene rings is 1. The summed E-state index contributed by atoms with van der Waals surface area (Å²) in [5.74, 6) is 0.235. The van der Waals surface area contributed by atoms with Crippen molar-refractivity contribution >= 4 is 30.7 Å². The summed E-state index contributed by atoms with van der Waals surface area (Å²) in [7, 11) is 0. The number of rotatable bonds is 6. The molecule has 0 aliphatic carbocycles. The van der Waals surface area contributed by atoms with E-state index in [1.165, 1.54) is 0 Å². The molecular weight excluding hydrogens is 323 g/mol. The maximum Gasteiger partial charge on any atom is 0.251 e. The molecule has 5 nitrogen and oxygen atoms in total. The molecule has 2 aromatic rings. The molecule has 1 heterocycles. The van der Waals surface area contributed by atoms with E-state index in [2.05, 4.69) is 10.3 Å². The molecule has 3 N–H and O–H groups in total. The highest BCUT2D eigenvalue weighted by Gasteiger charge is 2.07. The number of carbonyl (C=O) groups is 1. The fourth-order valence-electron chi connectivity index (χ4n) is 1.80. The number of nitrogens with one attached hydrogen (secondary N) is 1. The molecular formula is C15H22Cl2N4O. The first-order valence-corrected chi connectivity index (χ1v) is 6.72. The van der Waals surface area contributed by atoms with Crippen LogP contribution in [0.25, 0.3) is 0 Å². The second kappa shape index (κ2) is 10.2. The molecule has 0 saturated carbocycles. The number of nitrogens with two attached hydrogens (primary N) is 1. The van der Waals surface area contributed by atoms with Crippen molar-refractivity contribution in [3.05, 3.63) is 54.1 Å². The quantitative estimate of drug-likeness (QED) is 0.842. The van der Waals surface area contributed by atoms with Crippen molar-refractivity contribution in [3.63, 3.8) is 0 Å². The third-order valence-electron chi connectivity index (χ3n) is 3.15. The Kier molecular flexibility index (Phi) is 9.49. The van der Waals surface area contributed by atoms with E-state index in [1.807, 2.05) is 42.0 Å². The maximum atomic E-state index is 11.9. The molecule has 0 radical (unpaired) electrons. The van der Waals surface area contributed by atoms with E-state index >= 15 is 0 Å². The Labute approximate surface area is 143 Å². The second-order valence-electron chi connectivity index (χ2n) is 4.98. The Morgan fingerprint density at radius 3 is 2.55 bits per heavy atom. The van der Waals surface area contributed by atoms with Gasteiger partial charge in [-0.2, -0.15) is 0 Å². The van der Waals surface area contributed by atoms with Crippen LogP contribution in [-0.4, -0.2) is 28.5 Å². The van der Waals surface area contributed by atoms with Gasteiger partial charge in [0.2, 0.25) is 0 Å². The van der Waals surface area contributed by atoms with Crippen LogP contribution in [0.5, 0.6) is 0 Å². The van der Waals surface area contributed by atoms with Crippen LogP contribution in [0.15, 0.2) is 43.0 Å². The predicted molar refractivity (Wildman–Crippen MR) is 92.8 cm³/mol. The van der Waals surface area contributed by atoms with Gasteiger partial charge in [0, 0.05) is 31.0 Å². The zero-order chi connectivity index (χ0) is 14.4. The van der Waals surface area contributed by atoms with E-state index in [1.54, 1.807) is 12.5 Å². The zero-order valence-corrected chi connectivity index (χ0v) is 14.1. The smallest absolute Gasteiger partial charge is 0.251 e. The molecule has 1 amide bonds. The zero-order valence-electron chi connectivity index (χ0n) is 12.4. The lowest BCUT2D eigenvalue weighted by Crippen LogP contribution is -2.31. The van der Waals surface area contributed by atoms with Gasteiger partial charge >= 0.3 is 0 Å². The van der Waals surface area contributed by atoms with E-state index in [4.69, 9.17) is 5.73 Å². The molecule has 1 atom stereocenters. The van der Waals surface area contributed by atoms with E-state index in [-0.39, 0.29) is 30.7 Å². The summed E-state index contributed by atoms with van der Waals surface area (Å²) in [6.07, 6.45) is 5.43. The Morgan fingerprint density at radius 2 is 2.00 bits per heavy atom. The maximum absolute atomic E-state index is 11.9. The minimum absolute atomic E-state index is 0. The molecule has 7 heteroatoms. The van der Waals surface area contributed by atoms with Gasteiger partial charge in [0.25, 0.3) is 5.91 Å². The van der Waals surface area contributed by atoms with E-state index in [9.17, 15) is 4.79 Å². The topological polar surface area (TPSA) is 72.9 Å². The number of nitrogens with zero attached hydrogens (tertiary/aromatic N) is 2. The Hall–Kier alpha value is -1.56. The number of amides is 1. The van der Waals surface area contributed by atoms with Gasteiger partial charge in [-0.25, -0.2) is 4.98 Å². The molecule has 1 unspecified atom stereocenters. The van der Waals surface area contributed by atoms with Crippen LogP contribution >= 0.6 is 24.8 Å². The first kappa shape index (κ1) is 20.4. The number of halogens is 2. The number of carbonyl (C=O) groups excluding carboxylic acids is 1. The molecule has 0 fully saturated rings. The van der Waals surface area contributed by atoms with Gasteiger partial charge in [0.15, 0.2) is 0 Å². The lowest BCUT2D eigenvalue weighted by molar-refractivity contribution is 0.0948. The number of hydrogen-bond donors (Lipinski definition) is 2. The molecule has 0 saturated heterocycles. The van der Waals surface area contributed by atoms with Crippen LogP contribution in [0.3, 0.4) is 0 Å². The van der Waals surface area contributed by atoms with Gasteiger partial charge in [-0.15, -0.1) is 24.8 Å². The van der Waals surface area contributed by atoms with Gasteiger partial charge in [0.1, 0.15) is 0 Å². The van der Waals surface area contributed by atoms with Gasteiger partial charge < -0.3 is 15.6 Å². The highest BCUT2D eigenvalue weighted by Crippen LogP contribution is 2.06. The van der Waals surface area contributed by atoms with Gasteiger partial charge in [-0.3, -0.25) is 4.79 Å². The van der Waals surface area contributed by atoms with Crippen LogP contribution < -0.4 is 11.1 Å². The standard InChI is InChI=1S/C15H20N4O.2ClH/c1-12(8-16)9-18-15(20)14-4-2-13(3-5-14)10-19-7-6-17-11-19;;/h2-7,11-12H,8-10,16H2,1H3,(H,18,20);2*1H. The van der Waals surface area contributed by atoms with E-state index in [0.717, 1.165) is 12.1 Å². The highest BCUT2D eigenvalue weighted by molar-refractivity contribution is 5.94. The molecule has 1 aromatic carbocycles. The van der Waals surface area contributed by atoms with Crippen LogP contribution in [-0.2, 0) is 6.54 Å². The van der Waals surface area contributed by atoms with Crippen molar-refractivity contribution in [2.24, 2.45) is 11.7 Å². The summed E-state index contributed by atoms with van der Waals surface area (Å²) in [6.45, 7) is 3.94. The lowest BCUT2D eigenvalue weighted by Gasteiger charge is -2.10. The Balaban J connectivity index is 0.00000220. The molecule has 122 valence electrons. The van der Waals surface area contributed by atoms with Crippen molar-refractivity contribution in [3.8, 4) is 0 Å². The van der Waals surface area contributed by atoms with Crippen LogP contribution in [0.2, 0.25) is 0 Å². The SMILES string of the molecule is CC(CN)CNC(=O)c1ccc(Cn2ccnc2)cc1.Cl.Cl. The van der Waals surface area contributed by atoms with Crippen molar-refractivity contribution in [2.75, 3.05) is 13.1 Å². The largest absolute Gasteiger partial charge is 0.352 e. The number of aromatic nitrogens is 2. The first-order valence-electron chi connectivity index (χ1n) is 6.72. The van der Waals surface area contributed by atoms with Crippen LogP contribution in [0, 0.1) is 5.92 Å². The minimum atomic E-state index is -0.0560. The Bertz CT molecular complexity index is 543. The summed E-state index contributed by atoms with van der Waals surface area (Å²) in [5.41, 5.74) is 7.33. The van der Waals surface area contributed by atoms with Gasteiger partial charge in [-0.05, 0) is 30.2 Å². The molecule has 1 aromatic heterocycles. The second-order valence-corrected chi connectivity index (χ2v) is 4.98. The Morgan fingerprint density at radius 1 is 1.32 bits per heavy atom. The fourth-order valence-corrected chi connectivity index (χ4v) is 1.80. The van der Waals surface area contributed by atoms with Crippen molar-refractivity contribution in [1.82, 2.24) is 14.9 Å². The lowest BCUT2D eigenvalue weighted by atomic mass is 10.1. The molecule has 0 spiro atoms. The molecule has 22 heavy (non-hydrogen) atoms. The average molecular weight is 345 g/mol. The van der Waals surface area contributed by atoms with Crippen LogP contribution in [0.4, 0.5) is 0 Å². The van der Waals surface area contributed by atoms with E-state index < -0.39 is 0 Å². The normalized spacial score (nSPS) is 11.0. The molecule has 0 aliphatic rings. The third-order valence-corrected chi connectivity index (χ3v) is 3.15. The molecule has 2 rings (SSSR count).